The van der Waals surface area contributed by atoms with Crippen LogP contribution in [-0.2, 0) is 9.53 Å². The van der Waals surface area contributed by atoms with E-state index in [9.17, 15) is 4.79 Å². The fourth-order valence-corrected chi connectivity index (χ4v) is 3.13. The zero-order chi connectivity index (χ0) is 18.8. The van der Waals surface area contributed by atoms with Gasteiger partial charge in [0.25, 0.3) is 5.91 Å². The maximum Gasteiger partial charge on any atom is 0.256 e. The van der Waals surface area contributed by atoms with E-state index in [0.29, 0.717) is 6.42 Å². The first-order valence-corrected chi connectivity index (χ1v) is 9.89. The third kappa shape index (κ3) is 6.29. The minimum Gasteiger partial charge on any atom is -0.494 e. The molecule has 1 unspecified atom stereocenters. The molecule has 0 bridgehead atoms. The standard InChI is InChI=1S/C21H34N2O3/c1-4-21(2,25-3)20(24)22-18-10-12-19(13-11-18)26-17-9-16-23-14-7-5-6-8-15-23/h10-13H,4-9,14-17H2,1-3H3,(H,22,24). The molecule has 1 aliphatic heterocycles. The summed E-state index contributed by atoms with van der Waals surface area (Å²) in [5, 5.41) is 2.90. The number of nitrogens with one attached hydrogen (secondary N) is 1. The monoisotopic (exact) mass is 362 g/mol. The molecule has 0 aromatic heterocycles. The van der Waals surface area contributed by atoms with E-state index in [2.05, 4.69) is 10.2 Å². The molecule has 1 aromatic rings. The van der Waals surface area contributed by atoms with Crippen LogP contribution in [0, 0.1) is 0 Å². The second-order valence-corrected chi connectivity index (χ2v) is 7.22. The van der Waals surface area contributed by atoms with Crippen LogP contribution in [0.1, 0.15) is 52.4 Å². The smallest absolute Gasteiger partial charge is 0.256 e. The van der Waals surface area contributed by atoms with Gasteiger partial charge in [0.05, 0.1) is 6.61 Å². The van der Waals surface area contributed by atoms with E-state index >= 15 is 0 Å². The Kier molecular flexibility index (Phi) is 8.39. The van der Waals surface area contributed by atoms with Gasteiger partial charge < -0.3 is 19.7 Å². The van der Waals surface area contributed by atoms with Gasteiger partial charge in [-0.2, -0.15) is 0 Å². The number of ether oxygens (including phenoxy) is 2. The van der Waals surface area contributed by atoms with E-state index < -0.39 is 5.60 Å². The highest BCUT2D eigenvalue weighted by Gasteiger charge is 2.30. The summed E-state index contributed by atoms with van der Waals surface area (Å²) >= 11 is 0. The van der Waals surface area contributed by atoms with Gasteiger partial charge in [-0.05, 0) is 70.0 Å². The van der Waals surface area contributed by atoms with Crippen LogP contribution < -0.4 is 10.1 Å². The molecule has 26 heavy (non-hydrogen) atoms. The summed E-state index contributed by atoms with van der Waals surface area (Å²) in [5.74, 6) is 0.706. The molecule has 1 N–H and O–H groups in total. The number of amides is 1. The quantitative estimate of drug-likeness (QED) is 0.673. The van der Waals surface area contributed by atoms with Crippen molar-refractivity contribution in [3.63, 3.8) is 0 Å². The van der Waals surface area contributed by atoms with Gasteiger partial charge in [-0.1, -0.05) is 19.8 Å². The van der Waals surface area contributed by atoms with Crippen LogP contribution >= 0.6 is 0 Å². The number of hydrogen-bond donors (Lipinski definition) is 1. The summed E-state index contributed by atoms with van der Waals surface area (Å²) in [6.07, 6.45) is 7.06. The Morgan fingerprint density at radius 1 is 1.15 bits per heavy atom. The van der Waals surface area contributed by atoms with Gasteiger partial charge in [0.2, 0.25) is 0 Å². The summed E-state index contributed by atoms with van der Waals surface area (Å²) < 4.78 is 11.2. The Balaban J connectivity index is 1.72. The van der Waals surface area contributed by atoms with Gasteiger partial charge in [0.15, 0.2) is 0 Å². The molecule has 5 heteroatoms. The molecule has 0 radical (unpaired) electrons. The fraction of sp³-hybridized carbons (Fsp3) is 0.667. The molecular formula is C21H34N2O3. The first-order chi connectivity index (χ1) is 12.6. The van der Waals surface area contributed by atoms with Gasteiger partial charge in [-0.15, -0.1) is 0 Å². The van der Waals surface area contributed by atoms with Crippen molar-refractivity contribution < 1.29 is 14.3 Å². The number of anilines is 1. The highest BCUT2D eigenvalue weighted by Crippen LogP contribution is 2.20. The van der Waals surface area contributed by atoms with Crippen molar-refractivity contribution in [3.8, 4) is 5.75 Å². The third-order valence-electron chi connectivity index (χ3n) is 5.30. The number of nitrogens with zero attached hydrogens (tertiary/aromatic N) is 1. The Hall–Kier alpha value is -1.59. The zero-order valence-corrected chi connectivity index (χ0v) is 16.6. The van der Waals surface area contributed by atoms with Crippen molar-refractivity contribution in [2.75, 3.05) is 38.7 Å². The Morgan fingerprint density at radius 2 is 1.81 bits per heavy atom. The molecule has 1 heterocycles. The number of hydrogen-bond acceptors (Lipinski definition) is 4. The molecule has 2 rings (SSSR count). The number of methoxy groups -OCH3 is 1. The van der Waals surface area contributed by atoms with Crippen molar-refractivity contribution in [2.45, 2.75) is 58.0 Å². The first kappa shape index (κ1) is 20.7. The lowest BCUT2D eigenvalue weighted by Gasteiger charge is -2.25. The van der Waals surface area contributed by atoms with Crippen LogP contribution in [0.25, 0.3) is 0 Å². The van der Waals surface area contributed by atoms with Gasteiger partial charge in [-0.3, -0.25) is 4.79 Å². The van der Waals surface area contributed by atoms with Crippen molar-refractivity contribution in [3.05, 3.63) is 24.3 Å². The summed E-state index contributed by atoms with van der Waals surface area (Å²) in [6, 6.07) is 7.54. The van der Waals surface area contributed by atoms with E-state index in [1.807, 2.05) is 31.2 Å². The number of carbonyl (C=O) groups is 1. The minimum atomic E-state index is -0.803. The lowest BCUT2D eigenvalue weighted by molar-refractivity contribution is -0.136. The average molecular weight is 363 g/mol. The second kappa shape index (κ2) is 10.5. The highest BCUT2D eigenvalue weighted by molar-refractivity contribution is 5.97. The number of rotatable bonds is 9. The molecule has 146 valence electrons. The Morgan fingerprint density at radius 3 is 2.38 bits per heavy atom. The Labute approximate surface area is 158 Å². The van der Waals surface area contributed by atoms with E-state index in [1.165, 1.54) is 38.8 Å². The van der Waals surface area contributed by atoms with Gasteiger partial charge >= 0.3 is 0 Å². The maximum atomic E-state index is 12.3. The van der Waals surface area contributed by atoms with E-state index in [4.69, 9.17) is 9.47 Å². The molecule has 1 aliphatic rings. The van der Waals surface area contributed by atoms with Crippen LogP contribution in [-0.4, -0.2) is 49.8 Å². The minimum absolute atomic E-state index is 0.131. The largest absolute Gasteiger partial charge is 0.494 e. The molecule has 1 amide bonds. The van der Waals surface area contributed by atoms with E-state index in [0.717, 1.165) is 31.0 Å². The van der Waals surface area contributed by atoms with Crippen molar-refractivity contribution in [1.29, 1.82) is 0 Å². The van der Waals surface area contributed by atoms with Crippen LogP contribution in [0.4, 0.5) is 5.69 Å². The molecule has 0 aliphatic carbocycles. The zero-order valence-electron chi connectivity index (χ0n) is 16.6. The van der Waals surface area contributed by atoms with E-state index in [-0.39, 0.29) is 5.91 Å². The first-order valence-electron chi connectivity index (χ1n) is 9.89. The SMILES string of the molecule is CCC(C)(OC)C(=O)Nc1ccc(OCCCN2CCCCCC2)cc1. The summed E-state index contributed by atoms with van der Waals surface area (Å²) in [4.78, 5) is 14.8. The second-order valence-electron chi connectivity index (χ2n) is 7.22. The van der Waals surface area contributed by atoms with Gasteiger partial charge in [0.1, 0.15) is 11.4 Å². The summed E-state index contributed by atoms with van der Waals surface area (Å²) in [7, 11) is 1.56. The van der Waals surface area contributed by atoms with Crippen molar-refractivity contribution >= 4 is 11.6 Å². The van der Waals surface area contributed by atoms with Gasteiger partial charge in [-0.25, -0.2) is 0 Å². The van der Waals surface area contributed by atoms with Crippen LogP contribution in [0.2, 0.25) is 0 Å². The molecule has 1 atom stereocenters. The molecule has 1 fully saturated rings. The number of likely N-dealkylation sites (tertiary alicyclic amines) is 1. The Bertz CT molecular complexity index is 533. The molecule has 0 saturated carbocycles. The van der Waals surface area contributed by atoms with Crippen molar-refractivity contribution in [2.24, 2.45) is 0 Å². The molecular weight excluding hydrogens is 328 g/mol. The number of carbonyl (C=O) groups excluding carboxylic acids is 1. The van der Waals surface area contributed by atoms with Crippen LogP contribution in [0.3, 0.4) is 0 Å². The van der Waals surface area contributed by atoms with Crippen LogP contribution in [0.15, 0.2) is 24.3 Å². The summed E-state index contributed by atoms with van der Waals surface area (Å²) in [5.41, 5.74) is -0.0497. The predicted molar refractivity (Wildman–Crippen MR) is 106 cm³/mol. The van der Waals surface area contributed by atoms with Gasteiger partial charge in [0, 0.05) is 19.3 Å². The lowest BCUT2D eigenvalue weighted by Crippen LogP contribution is -2.41. The van der Waals surface area contributed by atoms with Crippen LogP contribution in [0.5, 0.6) is 5.75 Å². The normalized spacial score (nSPS) is 18.0. The average Bonchev–Trinajstić information content (AvgIpc) is 2.94. The maximum absolute atomic E-state index is 12.3. The molecule has 0 spiro atoms. The fourth-order valence-electron chi connectivity index (χ4n) is 3.13. The molecule has 1 saturated heterocycles. The predicted octanol–water partition coefficient (Wildman–Crippen LogP) is 4.09. The number of benzene rings is 1. The summed E-state index contributed by atoms with van der Waals surface area (Å²) in [6.45, 7) is 8.02. The topological polar surface area (TPSA) is 50.8 Å². The molecule has 1 aromatic carbocycles. The lowest BCUT2D eigenvalue weighted by atomic mass is 10.0. The highest BCUT2D eigenvalue weighted by atomic mass is 16.5. The molecule has 5 nitrogen and oxygen atoms in total. The van der Waals surface area contributed by atoms with E-state index in [1.54, 1.807) is 14.0 Å². The third-order valence-corrected chi connectivity index (χ3v) is 5.30. The van der Waals surface area contributed by atoms with Crippen molar-refractivity contribution in [1.82, 2.24) is 4.90 Å².